The second-order valence-corrected chi connectivity index (χ2v) is 10.3. The molecule has 1 heterocycles. The van der Waals surface area contributed by atoms with Crippen molar-refractivity contribution in [2.45, 2.75) is 46.1 Å². The van der Waals surface area contributed by atoms with Crippen molar-refractivity contribution in [2.24, 2.45) is 0 Å². The van der Waals surface area contributed by atoms with Crippen LogP contribution in [-0.4, -0.2) is 40.2 Å². The smallest absolute Gasteiger partial charge is 0.232 e. The summed E-state index contributed by atoms with van der Waals surface area (Å²) in [6, 6.07) is 13.9. The number of rotatable bonds is 9. The van der Waals surface area contributed by atoms with Gasteiger partial charge in [-0.1, -0.05) is 18.2 Å². The molecule has 1 amide bonds. The molecule has 7 heteroatoms. The summed E-state index contributed by atoms with van der Waals surface area (Å²) in [5.74, 6) is -0.0721. The minimum absolute atomic E-state index is 0.0721. The van der Waals surface area contributed by atoms with Crippen LogP contribution in [0.25, 0.3) is 0 Å². The van der Waals surface area contributed by atoms with E-state index in [1.165, 1.54) is 29.1 Å². The summed E-state index contributed by atoms with van der Waals surface area (Å²) in [6.45, 7) is 6.94. The highest BCUT2D eigenvalue weighted by Crippen LogP contribution is 2.22. The first-order valence-electron chi connectivity index (χ1n) is 10.9. The average Bonchev–Trinajstić information content (AvgIpc) is 3.26. The van der Waals surface area contributed by atoms with Crippen LogP contribution in [0.2, 0.25) is 0 Å². The Balaban J connectivity index is 1.48. The number of carbonyl (C=O) groups is 1. The Morgan fingerprint density at radius 1 is 1.03 bits per heavy atom. The minimum atomic E-state index is -3.41. The highest BCUT2D eigenvalue weighted by Gasteiger charge is 2.18. The van der Waals surface area contributed by atoms with E-state index in [1.54, 1.807) is 0 Å². The van der Waals surface area contributed by atoms with E-state index in [1.807, 2.05) is 32.0 Å². The van der Waals surface area contributed by atoms with E-state index in [9.17, 15) is 13.2 Å². The van der Waals surface area contributed by atoms with Crippen molar-refractivity contribution in [3.05, 3.63) is 59.2 Å². The number of hydrogen-bond donors (Lipinski definition) is 1. The van der Waals surface area contributed by atoms with Gasteiger partial charge in [-0.2, -0.15) is 0 Å². The zero-order chi connectivity index (χ0) is 22.4. The topological polar surface area (TPSA) is 69.7 Å². The molecule has 1 aliphatic rings. The van der Waals surface area contributed by atoms with Gasteiger partial charge in [0.1, 0.15) is 0 Å². The van der Waals surface area contributed by atoms with E-state index in [4.69, 9.17) is 0 Å². The molecule has 0 aromatic heterocycles. The summed E-state index contributed by atoms with van der Waals surface area (Å²) in [6.07, 6.45) is 4.44. The number of sulfonamides is 1. The fraction of sp³-hybridized carbons (Fsp3) is 0.458. The number of nitrogens with zero attached hydrogens (tertiary/aromatic N) is 2. The highest BCUT2D eigenvalue weighted by molar-refractivity contribution is 7.92. The summed E-state index contributed by atoms with van der Waals surface area (Å²) in [5.41, 5.74) is 5.10. The van der Waals surface area contributed by atoms with E-state index in [2.05, 4.69) is 34.5 Å². The average molecular weight is 444 g/mol. The monoisotopic (exact) mass is 443 g/mol. The normalized spacial score (nSPS) is 14.0. The van der Waals surface area contributed by atoms with Crippen molar-refractivity contribution in [3.63, 3.8) is 0 Å². The van der Waals surface area contributed by atoms with Crippen molar-refractivity contribution in [1.29, 1.82) is 0 Å². The van der Waals surface area contributed by atoms with E-state index in [0.29, 0.717) is 18.7 Å². The minimum Gasteiger partial charge on any atom is -0.372 e. The van der Waals surface area contributed by atoms with Crippen molar-refractivity contribution in [2.75, 3.05) is 35.1 Å². The zero-order valence-electron chi connectivity index (χ0n) is 18.7. The summed E-state index contributed by atoms with van der Waals surface area (Å²) >= 11 is 0. The molecule has 0 aliphatic carbocycles. The molecule has 1 fully saturated rings. The molecule has 0 unspecified atom stereocenters. The van der Waals surface area contributed by atoms with Gasteiger partial charge in [0, 0.05) is 38.3 Å². The molecule has 1 aliphatic heterocycles. The number of nitrogens with one attached hydrogen (secondary N) is 1. The van der Waals surface area contributed by atoms with Gasteiger partial charge in [0.15, 0.2) is 0 Å². The summed E-state index contributed by atoms with van der Waals surface area (Å²) < 4.78 is 25.9. The molecule has 1 saturated heterocycles. The summed E-state index contributed by atoms with van der Waals surface area (Å²) in [4.78, 5) is 14.7. The van der Waals surface area contributed by atoms with Gasteiger partial charge in [0.25, 0.3) is 0 Å². The van der Waals surface area contributed by atoms with Gasteiger partial charge in [-0.05, 0) is 74.1 Å². The highest BCUT2D eigenvalue weighted by atomic mass is 32.2. The largest absolute Gasteiger partial charge is 0.372 e. The first-order valence-corrected chi connectivity index (χ1v) is 12.7. The lowest BCUT2D eigenvalue weighted by molar-refractivity contribution is -0.121. The summed E-state index contributed by atoms with van der Waals surface area (Å²) in [5, 5.41) is 2.94. The van der Waals surface area contributed by atoms with Gasteiger partial charge in [-0.15, -0.1) is 0 Å². The molecular formula is C24H33N3O3S. The van der Waals surface area contributed by atoms with Crippen LogP contribution in [0.1, 0.15) is 42.4 Å². The molecule has 0 atom stereocenters. The van der Waals surface area contributed by atoms with Crippen molar-refractivity contribution in [1.82, 2.24) is 5.32 Å². The molecule has 3 rings (SSSR count). The van der Waals surface area contributed by atoms with Crippen LogP contribution in [-0.2, 0) is 21.4 Å². The fourth-order valence-corrected chi connectivity index (χ4v) is 4.80. The quantitative estimate of drug-likeness (QED) is 0.641. The Kier molecular flexibility index (Phi) is 7.59. The second kappa shape index (κ2) is 10.2. The molecule has 2 aromatic carbocycles. The van der Waals surface area contributed by atoms with Crippen molar-refractivity contribution >= 4 is 27.3 Å². The first kappa shape index (κ1) is 23.1. The van der Waals surface area contributed by atoms with E-state index in [-0.39, 0.29) is 18.9 Å². The van der Waals surface area contributed by atoms with Gasteiger partial charge in [-0.3, -0.25) is 9.10 Å². The lowest BCUT2D eigenvalue weighted by Gasteiger charge is -2.23. The maximum absolute atomic E-state index is 12.3. The zero-order valence-corrected chi connectivity index (χ0v) is 19.5. The van der Waals surface area contributed by atoms with Crippen LogP contribution in [0.15, 0.2) is 42.5 Å². The molecule has 0 spiro atoms. The number of carbonyl (C=O) groups excluding carboxylic acids is 1. The van der Waals surface area contributed by atoms with Crippen LogP contribution < -0.4 is 14.5 Å². The molecule has 168 valence electrons. The third kappa shape index (κ3) is 6.47. The van der Waals surface area contributed by atoms with E-state index < -0.39 is 10.0 Å². The van der Waals surface area contributed by atoms with Gasteiger partial charge < -0.3 is 10.2 Å². The predicted molar refractivity (Wildman–Crippen MR) is 127 cm³/mol. The van der Waals surface area contributed by atoms with Crippen LogP contribution in [0.5, 0.6) is 0 Å². The van der Waals surface area contributed by atoms with Crippen LogP contribution in [0, 0.1) is 13.8 Å². The third-order valence-electron chi connectivity index (χ3n) is 5.84. The van der Waals surface area contributed by atoms with Gasteiger partial charge in [0.05, 0.1) is 11.9 Å². The van der Waals surface area contributed by atoms with Gasteiger partial charge in [-0.25, -0.2) is 8.42 Å². The standard InChI is InChI=1S/C24H33N3O3S/c1-19-8-11-23(17-20(19)2)27(31(3,29)30)16-6-7-24(28)25-18-21-9-12-22(13-10-21)26-14-4-5-15-26/h8-13,17H,4-7,14-16,18H2,1-3H3,(H,25,28). The van der Waals surface area contributed by atoms with Gasteiger partial charge in [0.2, 0.25) is 15.9 Å². The molecule has 2 aromatic rings. The Morgan fingerprint density at radius 3 is 2.32 bits per heavy atom. The van der Waals surface area contributed by atoms with Crippen molar-refractivity contribution < 1.29 is 13.2 Å². The Labute approximate surface area is 186 Å². The molecular weight excluding hydrogens is 410 g/mol. The Morgan fingerprint density at radius 2 is 1.71 bits per heavy atom. The molecule has 1 N–H and O–H groups in total. The predicted octanol–water partition coefficient (Wildman–Crippen LogP) is 3.77. The lowest BCUT2D eigenvalue weighted by Crippen LogP contribution is -2.32. The maximum atomic E-state index is 12.3. The molecule has 6 nitrogen and oxygen atoms in total. The Hall–Kier alpha value is -2.54. The van der Waals surface area contributed by atoms with Crippen molar-refractivity contribution in [3.8, 4) is 0 Å². The van der Waals surface area contributed by atoms with E-state index in [0.717, 1.165) is 29.8 Å². The molecule has 31 heavy (non-hydrogen) atoms. The molecule has 0 radical (unpaired) electrons. The second-order valence-electron chi connectivity index (χ2n) is 8.34. The van der Waals surface area contributed by atoms with Crippen LogP contribution >= 0.6 is 0 Å². The maximum Gasteiger partial charge on any atom is 0.232 e. The number of benzene rings is 2. The van der Waals surface area contributed by atoms with Crippen LogP contribution in [0.3, 0.4) is 0 Å². The SMILES string of the molecule is Cc1ccc(N(CCCC(=O)NCc2ccc(N3CCCC3)cc2)S(C)(=O)=O)cc1C. The van der Waals surface area contributed by atoms with Crippen LogP contribution in [0.4, 0.5) is 11.4 Å². The number of anilines is 2. The Bertz CT molecular complexity index is 997. The number of amides is 1. The lowest BCUT2D eigenvalue weighted by atomic mass is 10.1. The van der Waals surface area contributed by atoms with E-state index >= 15 is 0 Å². The third-order valence-corrected chi connectivity index (χ3v) is 7.04. The molecule has 0 saturated carbocycles. The number of aryl methyl sites for hydroxylation is 2. The first-order chi connectivity index (χ1) is 14.7. The molecule has 0 bridgehead atoms. The van der Waals surface area contributed by atoms with Gasteiger partial charge >= 0.3 is 0 Å². The summed E-state index contributed by atoms with van der Waals surface area (Å²) in [7, 11) is -3.41. The number of hydrogen-bond acceptors (Lipinski definition) is 4. The fourth-order valence-electron chi connectivity index (χ4n) is 3.84.